The molecule has 1 N–H and O–H groups in total. The normalized spacial score (nSPS) is 11.0. The highest BCUT2D eigenvalue weighted by Crippen LogP contribution is 2.15. The average molecular weight is 299 g/mol. The maximum atomic E-state index is 12.0. The molecule has 2 aromatic heterocycles. The van der Waals surface area contributed by atoms with Crippen molar-refractivity contribution < 1.29 is 9.42 Å². The molecule has 22 heavy (non-hydrogen) atoms. The second-order valence-corrected chi connectivity index (χ2v) is 5.01. The van der Waals surface area contributed by atoms with Gasteiger partial charge in [-0.1, -0.05) is 22.4 Å². The number of para-hydroxylation sites is 2. The first-order valence-electron chi connectivity index (χ1n) is 7.18. The summed E-state index contributed by atoms with van der Waals surface area (Å²) >= 11 is 0. The van der Waals surface area contributed by atoms with Gasteiger partial charge in [-0.2, -0.15) is 0 Å². The van der Waals surface area contributed by atoms with Gasteiger partial charge < -0.3 is 9.88 Å². The number of hydrogen-bond acceptors (Lipinski definition) is 5. The Morgan fingerprint density at radius 2 is 2.14 bits per heavy atom. The fraction of sp³-hybridized carbons (Fsp3) is 0.333. The Morgan fingerprint density at radius 3 is 2.86 bits per heavy atom. The van der Waals surface area contributed by atoms with E-state index in [4.69, 9.17) is 0 Å². The number of rotatable bonds is 5. The van der Waals surface area contributed by atoms with E-state index < -0.39 is 0 Å². The molecule has 0 unspecified atom stereocenters. The van der Waals surface area contributed by atoms with Crippen LogP contribution in [0.15, 0.2) is 28.9 Å². The molecule has 2 heterocycles. The highest BCUT2D eigenvalue weighted by atomic mass is 16.6. The number of carbonyl (C=O) groups is 1. The first-order valence-corrected chi connectivity index (χ1v) is 7.18. The zero-order valence-electron chi connectivity index (χ0n) is 12.5. The van der Waals surface area contributed by atoms with Crippen molar-refractivity contribution in [2.24, 2.45) is 0 Å². The van der Waals surface area contributed by atoms with Gasteiger partial charge in [0.2, 0.25) is 5.91 Å². The van der Waals surface area contributed by atoms with Crippen molar-refractivity contribution in [2.45, 2.75) is 33.4 Å². The topological polar surface area (TPSA) is 85.8 Å². The predicted molar refractivity (Wildman–Crippen MR) is 80.0 cm³/mol. The highest BCUT2D eigenvalue weighted by Gasteiger charge is 2.13. The third-order valence-electron chi connectivity index (χ3n) is 3.57. The molecule has 0 atom stereocenters. The summed E-state index contributed by atoms with van der Waals surface area (Å²) in [6.07, 6.45) is 0.154. The van der Waals surface area contributed by atoms with Crippen LogP contribution in [0.3, 0.4) is 0 Å². The van der Waals surface area contributed by atoms with Crippen LogP contribution in [0.2, 0.25) is 0 Å². The summed E-state index contributed by atoms with van der Waals surface area (Å²) in [4.78, 5) is 16.6. The van der Waals surface area contributed by atoms with E-state index in [9.17, 15) is 4.79 Å². The Balaban J connectivity index is 1.71. The van der Waals surface area contributed by atoms with Gasteiger partial charge in [-0.15, -0.1) is 0 Å². The summed E-state index contributed by atoms with van der Waals surface area (Å²) in [5.74, 6) is 0.709. The van der Waals surface area contributed by atoms with Gasteiger partial charge in [-0.25, -0.2) is 9.61 Å². The molecule has 7 heteroatoms. The van der Waals surface area contributed by atoms with Crippen LogP contribution in [-0.4, -0.2) is 25.8 Å². The monoisotopic (exact) mass is 299 g/mol. The quantitative estimate of drug-likeness (QED) is 0.773. The molecular weight excluding hydrogens is 282 g/mol. The summed E-state index contributed by atoms with van der Waals surface area (Å²) in [6.45, 7) is 5.00. The fourth-order valence-electron chi connectivity index (χ4n) is 2.42. The number of benzene rings is 1. The van der Waals surface area contributed by atoms with Crippen LogP contribution in [0.25, 0.3) is 11.0 Å². The summed E-state index contributed by atoms with van der Waals surface area (Å²) in [5.41, 5.74) is 3.20. The molecule has 0 saturated carbocycles. The molecule has 0 aliphatic carbocycles. The number of nitrogens with zero attached hydrogens (tertiary/aromatic N) is 4. The van der Waals surface area contributed by atoms with E-state index in [1.807, 2.05) is 24.3 Å². The van der Waals surface area contributed by atoms with E-state index in [0.29, 0.717) is 17.9 Å². The van der Waals surface area contributed by atoms with Gasteiger partial charge in [0.1, 0.15) is 17.2 Å². The van der Waals surface area contributed by atoms with Crippen LogP contribution in [-0.2, 0) is 24.3 Å². The van der Waals surface area contributed by atoms with Crippen molar-refractivity contribution in [3.05, 3.63) is 41.5 Å². The number of aromatic nitrogens is 4. The lowest BCUT2D eigenvalue weighted by molar-refractivity contribution is -0.120. The minimum Gasteiger partial charge on any atom is -0.349 e. The summed E-state index contributed by atoms with van der Waals surface area (Å²) in [7, 11) is 0. The molecule has 0 radical (unpaired) electrons. The third kappa shape index (κ3) is 2.69. The first kappa shape index (κ1) is 14.2. The molecule has 0 bridgehead atoms. The Kier molecular flexibility index (Phi) is 3.86. The maximum Gasteiger partial charge on any atom is 0.226 e. The molecule has 1 aromatic carbocycles. The van der Waals surface area contributed by atoms with Gasteiger partial charge >= 0.3 is 0 Å². The van der Waals surface area contributed by atoms with Crippen LogP contribution >= 0.6 is 0 Å². The van der Waals surface area contributed by atoms with E-state index in [1.165, 1.54) is 0 Å². The predicted octanol–water partition coefficient (Wildman–Crippen LogP) is 1.61. The Labute approximate surface area is 127 Å². The molecule has 3 aromatic rings. The van der Waals surface area contributed by atoms with E-state index in [1.54, 1.807) is 6.92 Å². The zero-order valence-corrected chi connectivity index (χ0v) is 12.5. The smallest absolute Gasteiger partial charge is 0.226 e. The maximum absolute atomic E-state index is 12.0. The third-order valence-corrected chi connectivity index (χ3v) is 3.57. The van der Waals surface area contributed by atoms with Crippen molar-refractivity contribution in [1.82, 2.24) is 25.2 Å². The second kappa shape index (κ2) is 5.97. The molecule has 0 saturated heterocycles. The number of imidazole rings is 1. The lowest BCUT2D eigenvalue weighted by atomic mass is 10.2. The molecule has 1 amide bonds. The van der Waals surface area contributed by atoms with E-state index in [2.05, 4.69) is 36.7 Å². The lowest BCUT2D eigenvalue weighted by Crippen LogP contribution is -2.26. The SMILES string of the molecule is CCn1c(CNC(=O)Cc2nonc2C)nc2ccccc21. The summed E-state index contributed by atoms with van der Waals surface area (Å²) in [5, 5.41) is 10.2. The Bertz CT molecular complexity index is 805. The van der Waals surface area contributed by atoms with E-state index >= 15 is 0 Å². The fourth-order valence-corrected chi connectivity index (χ4v) is 2.42. The summed E-state index contributed by atoms with van der Waals surface area (Å²) < 4.78 is 6.68. The molecule has 0 aliphatic rings. The van der Waals surface area contributed by atoms with Crippen molar-refractivity contribution in [1.29, 1.82) is 0 Å². The lowest BCUT2D eigenvalue weighted by Gasteiger charge is -2.07. The number of amides is 1. The van der Waals surface area contributed by atoms with Crippen molar-refractivity contribution in [2.75, 3.05) is 0 Å². The minimum atomic E-state index is -0.131. The van der Waals surface area contributed by atoms with Crippen LogP contribution < -0.4 is 5.32 Å². The molecule has 0 fully saturated rings. The Hall–Kier alpha value is -2.70. The van der Waals surface area contributed by atoms with Gasteiger partial charge in [0.15, 0.2) is 0 Å². The molecule has 3 rings (SSSR count). The highest BCUT2D eigenvalue weighted by molar-refractivity contribution is 5.79. The number of aryl methyl sites for hydroxylation is 2. The number of hydrogen-bond donors (Lipinski definition) is 1. The van der Waals surface area contributed by atoms with Crippen molar-refractivity contribution in [3.63, 3.8) is 0 Å². The number of fused-ring (bicyclic) bond motifs is 1. The minimum absolute atomic E-state index is 0.131. The standard InChI is InChI=1S/C15H17N5O2/c1-3-20-13-7-5-4-6-11(13)17-14(20)9-16-15(21)8-12-10(2)18-22-19-12/h4-7H,3,8-9H2,1-2H3,(H,16,21). The van der Waals surface area contributed by atoms with Crippen molar-refractivity contribution >= 4 is 16.9 Å². The molecular formula is C15H17N5O2. The first-order chi connectivity index (χ1) is 10.7. The van der Waals surface area contributed by atoms with Gasteiger partial charge in [0.25, 0.3) is 0 Å². The van der Waals surface area contributed by atoms with Gasteiger partial charge in [-0.05, 0) is 26.0 Å². The van der Waals surface area contributed by atoms with Crippen LogP contribution in [0, 0.1) is 6.92 Å². The largest absolute Gasteiger partial charge is 0.349 e. The van der Waals surface area contributed by atoms with Crippen LogP contribution in [0.4, 0.5) is 0 Å². The molecule has 0 spiro atoms. The summed E-state index contributed by atoms with van der Waals surface area (Å²) in [6, 6.07) is 7.94. The van der Waals surface area contributed by atoms with Crippen molar-refractivity contribution in [3.8, 4) is 0 Å². The number of nitrogens with one attached hydrogen (secondary N) is 1. The molecule has 114 valence electrons. The van der Waals surface area contributed by atoms with Gasteiger partial charge in [0, 0.05) is 6.54 Å². The molecule has 0 aliphatic heterocycles. The van der Waals surface area contributed by atoms with Crippen LogP contribution in [0.5, 0.6) is 0 Å². The number of carbonyl (C=O) groups excluding carboxylic acids is 1. The van der Waals surface area contributed by atoms with E-state index in [-0.39, 0.29) is 12.3 Å². The zero-order chi connectivity index (χ0) is 15.5. The second-order valence-electron chi connectivity index (χ2n) is 5.01. The van der Waals surface area contributed by atoms with Gasteiger partial charge in [-0.3, -0.25) is 4.79 Å². The van der Waals surface area contributed by atoms with Gasteiger partial charge in [0.05, 0.1) is 24.0 Å². The van der Waals surface area contributed by atoms with Crippen LogP contribution in [0.1, 0.15) is 24.1 Å². The average Bonchev–Trinajstić information content (AvgIpc) is 3.08. The molecule has 7 nitrogen and oxygen atoms in total. The van der Waals surface area contributed by atoms with E-state index in [0.717, 1.165) is 23.4 Å². The Morgan fingerprint density at radius 1 is 1.32 bits per heavy atom.